The first-order valence-corrected chi connectivity index (χ1v) is 13.6. The predicted octanol–water partition coefficient (Wildman–Crippen LogP) is 6.14. The average molecular weight is 626 g/mol. The summed E-state index contributed by atoms with van der Waals surface area (Å²) < 4.78 is 60.7. The molecule has 0 unspecified atom stereocenters. The summed E-state index contributed by atoms with van der Waals surface area (Å²) in [4.78, 5) is 29.8. The van der Waals surface area contributed by atoms with Crippen molar-refractivity contribution >= 4 is 33.5 Å². The maximum absolute atomic E-state index is 15.9. The smallest absolute Gasteiger partial charge is 0.414 e. The van der Waals surface area contributed by atoms with Crippen LogP contribution in [0.25, 0.3) is 5.69 Å². The lowest BCUT2D eigenvalue weighted by Gasteiger charge is -2.40. The van der Waals surface area contributed by atoms with Gasteiger partial charge in [0.1, 0.15) is 0 Å². The first-order valence-electron chi connectivity index (χ1n) is 12.8. The maximum atomic E-state index is 15.9. The molecule has 0 bridgehead atoms. The van der Waals surface area contributed by atoms with E-state index in [2.05, 4.69) is 21.0 Å². The van der Waals surface area contributed by atoms with Gasteiger partial charge in [-0.1, -0.05) is 64.5 Å². The third-order valence-electron chi connectivity index (χ3n) is 7.54. The van der Waals surface area contributed by atoms with Crippen molar-refractivity contribution in [3.8, 4) is 11.6 Å². The van der Waals surface area contributed by atoms with Crippen LogP contribution in [-0.2, 0) is 31.9 Å². The molecule has 3 aromatic carbocycles. The number of para-hydroxylation sites is 1. The van der Waals surface area contributed by atoms with Gasteiger partial charge in [-0.15, -0.1) is 0 Å². The second-order valence-electron chi connectivity index (χ2n) is 9.80. The summed E-state index contributed by atoms with van der Waals surface area (Å²) in [6, 6.07) is 21.9. The first-order chi connectivity index (χ1) is 19.6. The Labute approximate surface area is 241 Å². The minimum absolute atomic E-state index is 0.0453. The lowest BCUT2D eigenvalue weighted by Crippen LogP contribution is -2.66. The first kappa shape index (κ1) is 27.1. The molecule has 0 N–H and O–H groups in total. The Hall–Kier alpha value is -4.12. The Balaban J connectivity index is 1.70. The van der Waals surface area contributed by atoms with Crippen molar-refractivity contribution in [2.75, 3.05) is 11.5 Å². The van der Waals surface area contributed by atoms with Crippen LogP contribution in [0.4, 0.5) is 18.9 Å². The highest BCUT2D eigenvalue weighted by atomic mass is 79.9. The summed E-state index contributed by atoms with van der Waals surface area (Å²) in [5.41, 5.74) is -5.90. The van der Waals surface area contributed by atoms with Crippen molar-refractivity contribution in [2.45, 2.75) is 37.6 Å². The Morgan fingerprint density at radius 2 is 1.71 bits per heavy atom. The average Bonchev–Trinajstić information content (AvgIpc) is 3.53. The molecule has 41 heavy (non-hydrogen) atoms. The van der Waals surface area contributed by atoms with Crippen molar-refractivity contribution in [2.24, 2.45) is 0 Å². The molecule has 210 valence electrons. The second-order valence-corrected chi connectivity index (χ2v) is 10.7. The molecular formula is C30H23BrF3N3O4. The largest absolute Gasteiger partial charge is 0.465 e. The van der Waals surface area contributed by atoms with Gasteiger partial charge in [0, 0.05) is 10.0 Å². The fourth-order valence-electron chi connectivity index (χ4n) is 5.94. The number of nitrogens with zero attached hydrogens (tertiary/aromatic N) is 3. The number of aromatic nitrogens is 2. The highest BCUT2D eigenvalue weighted by molar-refractivity contribution is 9.10. The van der Waals surface area contributed by atoms with Crippen LogP contribution in [0.1, 0.15) is 29.3 Å². The second kappa shape index (κ2) is 9.47. The van der Waals surface area contributed by atoms with Gasteiger partial charge in [-0.25, -0.2) is 4.68 Å². The molecule has 0 radical (unpaired) electrons. The SMILES string of the molecule is CCOC(=O)[C@@]1(C(F)(F)F)c2c(C)nn(-c3ccccc3)c2O[C@@]12C(=O)N(Cc1ccccc1)c1ccc(Br)cc12. The van der Waals surface area contributed by atoms with Crippen LogP contribution in [0, 0.1) is 6.92 Å². The number of benzene rings is 3. The van der Waals surface area contributed by atoms with Gasteiger partial charge in [-0.3, -0.25) is 9.59 Å². The quantitative estimate of drug-likeness (QED) is 0.249. The normalized spacial score (nSPS) is 21.1. The molecule has 1 spiro atoms. The molecule has 2 aliphatic rings. The number of ether oxygens (including phenoxy) is 2. The number of esters is 1. The van der Waals surface area contributed by atoms with Crippen molar-refractivity contribution in [1.82, 2.24) is 9.78 Å². The summed E-state index contributed by atoms with van der Waals surface area (Å²) in [6.07, 6.45) is -5.34. The molecule has 6 rings (SSSR count). The van der Waals surface area contributed by atoms with Crippen molar-refractivity contribution in [3.63, 3.8) is 0 Å². The molecule has 0 aliphatic carbocycles. The van der Waals surface area contributed by atoms with Crippen LogP contribution in [0.5, 0.6) is 5.88 Å². The molecule has 7 nitrogen and oxygen atoms in total. The fraction of sp³-hybridized carbons (Fsp3) is 0.233. The third-order valence-corrected chi connectivity index (χ3v) is 8.03. The highest BCUT2D eigenvalue weighted by Crippen LogP contribution is 2.67. The molecule has 0 saturated heterocycles. The van der Waals surface area contributed by atoms with Crippen molar-refractivity contribution in [1.29, 1.82) is 0 Å². The number of halogens is 4. The van der Waals surface area contributed by atoms with Crippen LogP contribution < -0.4 is 9.64 Å². The number of carbonyl (C=O) groups is 2. The van der Waals surface area contributed by atoms with Gasteiger partial charge in [0.15, 0.2) is 0 Å². The minimum Gasteiger partial charge on any atom is -0.465 e. The van der Waals surface area contributed by atoms with Crippen molar-refractivity contribution in [3.05, 3.63) is 106 Å². The van der Waals surface area contributed by atoms with E-state index in [1.165, 1.54) is 29.5 Å². The number of aryl methyl sites for hydroxylation is 1. The molecular weight excluding hydrogens is 603 g/mol. The minimum atomic E-state index is -5.34. The zero-order valence-corrected chi connectivity index (χ0v) is 23.5. The monoisotopic (exact) mass is 625 g/mol. The van der Waals surface area contributed by atoms with Gasteiger partial charge < -0.3 is 14.4 Å². The van der Waals surface area contributed by atoms with E-state index < -0.39 is 34.6 Å². The van der Waals surface area contributed by atoms with Crippen LogP contribution in [0.3, 0.4) is 0 Å². The maximum Gasteiger partial charge on any atom is 0.414 e. The number of rotatable bonds is 5. The van der Waals surface area contributed by atoms with Crippen molar-refractivity contribution < 1.29 is 32.2 Å². The molecule has 1 aromatic heterocycles. The van der Waals surface area contributed by atoms with E-state index in [0.29, 0.717) is 15.7 Å². The standard InChI is InChI=1S/C30H23BrF3N3O4/c1-3-40-27(39)28(30(32,33)34)24-18(2)35-37(21-12-8-5-9-13-21)25(24)41-29(28)22-16-20(31)14-15-23(22)36(26(29)38)17-19-10-6-4-7-11-19/h4-16H,3,17H2,1-2H3/t28-,29-/m0/s1. The molecule has 1 amide bonds. The van der Waals surface area contributed by atoms with Crippen LogP contribution in [-0.4, -0.2) is 34.4 Å². The Morgan fingerprint density at radius 3 is 2.34 bits per heavy atom. The number of fused-ring (bicyclic) bond motifs is 3. The van der Waals surface area contributed by atoms with Gasteiger partial charge in [0.05, 0.1) is 35.8 Å². The molecule has 11 heteroatoms. The number of hydrogen-bond acceptors (Lipinski definition) is 5. The zero-order valence-electron chi connectivity index (χ0n) is 21.9. The van der Waals surface area contributed by atoms with Gasteiger partial charge in [-0.05, 0) is 49.7 Å². The number of anilines is 1. The van der Waals surface area contributed by atoms with E-state index in [1.54, 1.807) is 72.8 Å². The summed E-state index contributed by atoms with van der Waals surface area (Å²) in [5.74, 6) is -3.02. The zero-order chi connectivity index (χ0) is 29.2. The molecule has 4 aromatic rings. The predicted molar refractivity (Wildman–Crippen MR) is 147 cm³/mol. The van der Waals surface area contributed by atoms with E-state index in [4.69, 9.17) is 9.47 Å². The third kappa shape index (κ3) is 3.61. The molecule has 0 saturated carbocycles. The fourth-order valence-corrected chi connectivity index (χ4v) is 6.30. The summed E-state index contributed by atoms with van der Waals surface area (Å²) in [5, 5.41) is 4.34. The van der Waals surface area contributed by atoms with E-state index in [1.807, 2.05) is 0 Å². The summed E-state index contributed by atoms with van der Waals surface area (Å²) >= 11 is 3.35. The van der Waals surface area contributed by atoms with E-state index in [9.17, 15) is 9.59 Å². The number of alkyl halides is 3. The lowest BCUT2D eigenvalue weighted by atomic mass is 9.65. The number of hydrogen-bond donors (Lipinski definition) is 0. The number of carbonyl (C=O) groups excluding carboxylic acids is 2. The Bertz CT molecular complexity index is 1680. The van der Waals surface area contributed by atoms with Crippen LogP contribution >= 0.6 is 15.9 Å². The van der Waals surface area contributed by atoms with E-state index in [0.717, 1.165) is 0 Å². The summed E-state index contributed by atoms with van der Waals surface area (Å²) in [7, 11) is 0. The van der Waals surface area contributed by atoms with Crippen LogP contribution in [0.15, 0.2) is 83.3 Å². The number of amides is 1. The van der Waals surface area contributed by atoms with E-state index in [-0.39, 0.29) is 36.0 Å². The lowest BCUT2D eigenvalue weighted by molar-refractivity contribution is -0.237. The molecule has 0 fully saturated rings. The molecule has 2 atom stereocenters. The van der Waals surface area contributed by atoms with Gasteiger partial charge in [0.2, 0.25) is 16.9 Å². The van der Waals surface area contributed by atoms with Gasteiger partial charge >= 0.3 is 12.1 Å². The highest BCUT2D eigenvalue weighted by Gasteiger charge is 2.85. The molecule has 3 heterocycles. The van der Waals surface area contributed by atoms with Gasteiger partial charge in [-0.2, -0.15) is 18.3 Å². The van der Waals surface area contributed by atoms with E-state index >= 15 is 13.2 Å². The topological polar surface area (TPSA) is 73.7 Å². The molecule has 2 aliphatic heterocycles. The van der Waals surface area contributed by atoms with Gasteiger partial charge in [0.25, 0.3) is 5.91 Å². The van der Waals surface area contributed by atoms with Crippen LogP contribution in [0.2, 0.25) is 0 Å². The Kier molecular flexibility index (Phi) is 6.25. The summed E-state index contributed by atoms with van der Waals surface area (Å²) in [6.45, 7) is 2.38. The Morgan fingerprint density at radius 1 is 1.05 bits per heavy atom.